The largest absolute Gasteiger partial charge is 0.493 e. The molecule has 3 nitrogen and oxygen atoms in total. The molecule has 1 heterocycles. The maximum atomic E-state index is 12.4. The maximum Gasteiger partial charge on any atom is 0.223 e. The van der Waals surface area contributed by atoms with Crippen LogP contribution in [0.5, 0.6) is 5.75 Å². The molecule has 2 aliphatic carbocycles. The molecule has 112 valence electrons. The summed E-state index contributed by atoms with van der Waals surface area (Å²) < 4.78 is 6.78. The molecule has 4 rings (SSSR count). The van der Waals surface area contributed by atoms with E-state index in [4.69, 9.17) is 4.74 Å². The Morgan fingerprint density at radius 2 is 2.05 bits per heavy atom. The van der Waals surface area contributed by atoms with Gasteiger partial charge >= 0.3 is 0 Å². The van der Waals surface area contributed by atoms with Crippen LogP contribution in [0.15, 0.2) is 16.6 Å². The Hall–Kier alpha value is -1.03. The van der Waals surface area contributed by atoms with E-state index in [0.29, 0.717) is 18.4 Å². The van der Waals surface area contributed by atoms with Gasteiger partial charge in [-0.05, 0) is 42.4 Å². The minimum Gasteiger partial charge on any atom is -0.493 e. The second-order valence-corrected chi connectivity index (χ2v) is 7.42. The summed E-state index contributed by atoms with van der Waals surface area (Å²) in [6.45, 7) is 1.33. The van der Waals surface area contributed by atoms with Gasteiger partial charge in [0.05, 0.1) is 6.61 Å². The van der Waals surface area contributed by atoms with Gasteiger partial charge in [-0.2, -0.15) is 0 Å². The van der Waals surface area contributed by atoms with Gasteiger partial charge in [0.2, 0.25) is 5.91 Å². The summed E-state index contributed by atoms with van der Waals surface area (Å²) in [7, 11) is 0. The number of rotatable bonds is 3. The summed E-state index contributed by atoms with van der Waals surface area (Å²) in [5, 5.41) is 3.13. The number of hydrogen-bond donors (Lipinski definition) is 1. The number of fused-ring (bicyclic) bond motifs is 2. The third-order valence-corrected chi connectivity index (χ3v) is 5.70. The minimum atomic E-state index is 0.249. The van der Waals surface area contributed by atoms with Gasteiger partial charge < -0.3 is 10.1 Å². The first kappa shape index (κ1) is 13.6. The first-order valence-corrected chi connectivity index (χ1v) is 8.75. The zero-order valence-electron chi connectivity index (χ0n) is 12.0. The highest BCUT2D eigenvalue weighted by atomic mass is 79.9. The first-order valence-electron chi connectivity index (χ1n) is 7.96. The SMILES string of the molecule is O=C(NCc1cc(Br)cc2c1OCC2)C1C2CCCCC21. The standard InChI is InChI=1S/C17H20BrNO2/c18-12-7-10-5-6-21-16(10)11(8-12)9-19-17(20)15-13-3-1-2-4-14(13)15/h7-8,13-15H,1-6,9H2,(H,19,20). The van der Waals surface area contributed by atoms with Crippen LogP contribution in [0.4, 0.5) is 0 Å². The third kappa shape index (κ3) is 2.48. The smallest absolute Gasteiger partial charge is 0.223 e. The van der Waals surface area contributed by atoms with E-state index in [-0.39, 0.29) is 11.8 Å². The van der Waals surface area contributed by atoms with Crippen LogP contribution >= 0.6 is 15.9 Å². The van der Waals surface area contributed by atoms with Crippen molar-refractivity contribution < 1.29 is 9.53 Å². The van der Waals surface area contributed by atoms with E-state index in [1.54, 1.807) is 0 Å². The lowest BCUT2D eigenvalue weighted by Gasteiger charge is -2.10. The molecule has 0 bridgehead atoms. The summed E-state index contributed by atoms with van der Waals surface area (Å²) >= 11 is 3.55. The van der Waals surface area contributed by atoms with Crippen molar-refractivity contribution in [3.8, 4) is 5.75 Å². The molecule has 2 unspecified atom stereocenters. The van der Waals surface area contributed by atoms with Crippen LogP contribution in [0.25, 0.3) is 0 Å². The fraction of sp³-hybridized carbons (Fsp3) is 0.588. The molecule has 1 amide bonds. The molecule has 21 heavy (non-hydrogen) atoms. The molecule has 3 aliphatic rings. The molecular weight excluding hydrogens is 330 g/mol. The Balaban J connectivity index is 1.42. The van der Waals surface area contributed by atoms with E-state index in [0.717, 1.165) is 28.8 Å². The van der Waals surface area contributed by atoms with Crippen LogP contribution in [0, 0.1) is 17.8 Å². The van der Waals surface area contributed by atoms with Crippen LogP contribution < -0.4 is 10.1 Å². The summed E-state index contributed by atoms with van der Waals surface area (Å²) in [5.74, 6) is 2.85. The van der Waals surface area contributed by atoms with Crippen molar-refractivity contribution in [2.45, 2.75) is 38.6 Å². The quantitative estimate of drug-likeness (QED) is 0.907. The second-order valence-electron chi connectivity index (χ2n) is 6.51. The lowest BCUT2D eigenvalue weighted by atomic mass is 10.0. The van der Waals surface area contributed by atoms with Gasteiger partial charge in [-0.25, -0.2) is 0 Å². The number of amides is 1. The number of ether oxygens (including phenoxy) is 1. The van der Waals surface area contributed by atoms with Crippen molar-refractivity contribution in [1.29, 1.82) is 0 Å². The van der Waals surface area contributed by atoms with Crippen molar-refractivity contribution in [2.75, 3.05) is 6.61 Å². The Morgan fingerprint density at radius 1 is 1.29 bits per heavy atom. The van der Waals surface area contributed by atoms with E-state index in [1.165, 1.54) is 31.2 Å². The number of hydrogen-bond acceptors (Lipinski definition) is 2. The summed E-state index contributed by atoms with van der Waals surface area (Å²) in [5.41, 5.74) is 2.34. The molecule has 0 radical (unpaired) electrons. The molecule has 0 aromatic heterocycles. The second kappa shape index (κ2) is 5.31. The molecule has 1 aromatic rings. The molecule has 0 saturated heterocycles. The topological polar surface area (TPSA) is 38.3 Å². The first-order chi connectivity index (χ1) is 10.2. The summed E-state index contributed by atoms with van der Waals surface area (Å²) in [6.07, 6.45) is 6.06. The van der Waals surface area contributed by atoms with E-state index >= 15 is 0 Å². The zero-order valence-corrected chi connectivity index (χ0v) is 13.6. The average molecular weight is 350 g/mol. The molecule has 4 heteroatoms. The van der Waals surface area contributed by atoms with Gasteiger partial charge in [0, 0.05) is 28.9 Å². The number of benzene rings is 1. The van der Waals surface area contributed by atoms with Crippen molar-refractivity contribution >= 4 is 21.8 Å². The van der Waals surface area contributed by atoms with Crippen LogP contribution in [-0.4, -0.2) is 12.5 Å². The highest BCUT2D eigenvalue weighted by molar-refractivity contribution is 9.10. The zero-order chi connectivity index (χ0) is 14.4. The Kier molecular flexibility index (Phi) is 3.44. The van der Waals surface area contributed by atoms with Gasteiger partial charge in [-0.3, -0.25) is 4.79 Å². The molecule has 1 aliphatic heterocycles. The third-order valence-electron chi connectivity index (χ3n) is 5.24. The Morgan fingerprint density at radius 3 is 2.81 bits per heavy atom. The van der Waals surface area contributed by atoms with E-state index in [1.807, 2.05) is 0 Å². The van der Waals surface area contributed by atoms with Crippen LogP contribution in [0.2, 0.25) is 0 Å². The predicted octanol–water partition coefficient (Wildman–Crippen LogP) is 3.44. The number of carbonyl (C=O) groups is 1. The molecule has 1 aromatic carbocycles. The van der Waals surface area contributed by atoms with E-state index in [2.05, 4.69) is 33.4 Å². The normalized spacial score (nSPS) is 29.3. The van der Waals surface area contributed by atoms with Crippen LogP contribution in [0.3, 0.4) is 0 Å². The fourth-order valence-electron chi connectivity index (χ4n) is 4.16. The molecular formula is C17H20BrNO2. The van der Waals surface area contributed by atoms with E-state index < -0.39 is 0 Å². The van der Waals surface area contributed by atoms with Gasteiger partial charge in [0.25, 0.3) is 0 Å². The molecule has 2 saturated carbocycles. The predicted molar refractivity (Wildman–Crippen MR) is 84.1 cm³/mol. The number of carbonyl (C=O) groups excluding carboxylic acids is 1. The summed E-state index contributed by atoms with van der Waals surface area (Å²) in [6, 6.07) is 4.17. The Bertz CT molecular complexity index is 574. The molecule has 2 fully saturated rings. The fourth-order valence-corrected chi connectivity index (χ4v) is 4.71. The minimum absolute atomic E-state index is 0.249. The number of nitrogens with one attached hydrogen (secondary N) is 1. The van der Waals surface area contributed by atoms with Gasteiger partial charge in [-0.15, -0.1) is 0 Å². The number of halogens is 1. The lowest BCUT2D eigenvalue weighted by Crippen LogP contribution is -2.25. The average Bonchev–Trinajstić information content (AvgIpc) is 3.03. The van der Waals surface area contributed by atoms with E-state index in [9.17, 15) is 4.79 Å². The monoisotopic (exact) mass is 349 g/mol. The van der Waals surface area contributed by atoms with Crippen LogP contribution in [-0.2, 0) is 17.8 Å². The van der Waals surface area contributed by atoms with Crippen molar-refractivity contribution in [2.24, 2.45) is 17.8 Å². The maximum absolute atomic E-state index is 12.4. The van der Waals surface area contributed by atoms with Crippen molar-refractivity contribution in [3.05, 3.63) is 27.7 Å². The highest BCUT2D eigenvalue weighted by Gasteiger charge is 2.54. The molecule has 1 N–H and O–H groups in total. The summed E-state index contributed by atoms with van der Waals surface area (Å²) in [4.78, 5) is 12.4. The van der Waals surface area contributed by atoms with Gasteiger partial charge in [0.15, 0.2) is 0 Å². The van der Waals surface area contributed by atoms with Crippen molar-refractivity contribution in [3.63, 3.8) is 0 Å². The van der Waals surface area contributed by atoms with Gasteiger partial charge in [0.1, 0.15) is 5.75 Å². The van der Waals surface area contributed by atoms with Gasteiger partial charge in [-0.1, -0.05) is 28.8 Å². The highest BCUT2D eigenvalue weighted by Crippen LogP contribution is 2.55. The molecule has 0 spiro atoms. The van der Waals surface area contributed by atoms with Crippen LogP contribution in [0.1, 0.15) is 36.8 Å². The van der Waals surface area contributed by atoms with Crippen molar-refractivity contribution in [1.82, 2.24) is 5.32 Å². The molecule has 2 atom stereocenters. The Labute approximate surface area is 133 Å². The lowest BCUT2D eigenvalue weighted by molar-refractivity contribution is -0.123.